The van der Waals surface area contributed by atoms with E-state index >= 15 is 0 Å². The molecule has 4 nitrogen and oxygen atoms in total. The van der Waals surface area contributed by atoms with Gasteiger partial charge in [0.25, 0.3) is 0 Å². The smallest absolute Gasteiger partial charge is 0.326 e. The summed E-state index contributed by atoms with van der Waals surface area (Å²) in [5, 5.41) is 4.92. The van der Waals surface area contributed by atoms with E-state index in [1.807, 2.05) is 0 Å². The normalized spacial score (nSPS) is 9.81. The zero-order valence-electron chi connectivity index (χ0n) is 8.24. The summed E-state index contributed by atoms with van der Waals surface area (Å²) >= 11 is 0. The van der Waals surface area contributed by atoms with Crippen molar-refractivity contribution in [2.45, 2.75) is 0 Å². The predicted octanol–water partition coefficient (Wildman–Crippen LogP) is 3.06. The Morgan fingerprint density at radius 3 is 2.75 bits per heavy atom. The molecule has 0 saturated heterocycles. The van der Waals surface area contributed by atoms with E-state index < -0.39 is 11.8 Å². The second kappa shape index (κ2) is 4.48. The Kier molecular flexibility index (Phi) is 2.86. The number of carbonyl (C=O) groups is 1. The standard InChI is InChI=1S/C11H9FN2O2/c12-8-3-1-4-9(7-8)13-11(15)14-10-5-2-6-16-10/h1-7H,(H2,13,14,15). The van der Waals surface area contributed by atoms with Crippen molar-refractivity contribution in [2.75, 3.05) is 10.6 Å². The Hall–Kier alpha value is -2.30. The molecule has 2 aromatic rings. The number of hydrogen-bond acceptors (Lipinski definition) is 2. The van der Waals surface area contributed by atoms with Gasteiger partial charge in [0.15, 0.2) is 0 Å². The molecule has 0 fully saturated rings. The van der Waals surface area contributed by atoms with Crippen LogP contribution in [0.3, 0.4) is 0 Å². The molecule has 0 radical (unpaired) electrons. The van der Waals surface area contributed by atoms with Crippen molar-refractivity contribution in [1.82, 2.24) is 0 Å². The SMILES string of the molecule is O=C(Nc1cccc(F)c1)Nc1ccco1. The minimum Gasteiger partial charge on any atom is -0.449 e. The molecule has 82 valence electrons. The van der Waals surface area contributed by atoms with Gasteiger partial charge in [-0.25, -0.2) is 9.18 Å². The highest BCUT2D eigenvalue weighted by Crippen LogP contribution is 2.11. The predicted molar refractivity (Wildman–Crippen MR) is 57.7 cm³/mol. The van der Waals surface area contributed by atoms with Crippen molar-refractivity contribution in [3.05, 3.63) is 48.5 Å². The van der Waals surface area contributed by atoms with E-state index in [1.54, 1.807) is 18.2 Å². The van der Waals surface area contributed by atoms with Crippen molar-refractivity contribution in [3.8, 4) is 0 Å². The molecule has 5 heteroatoms. The summed E-state index contributed by atoms with van der Waals surface area (Å²) in [7, 11) is 0. The lowest BCUT2D eigenvalue weighted by atomic mass is 10.3. The molecule has 0 aliphatic heterocycles. The van der Waals surface area contributed by atoms with E-state index in [0.29, 0.717) is 11.6 Å². The van der Waals surface area contributed by atoms with E-state index in [-0.39, 0.29) is 0 Å². The molecule has 0 unspecified atom stereocenters. The van der Waals surface area contributed by atoms with Crippen molar-refractivity contribution in [1.29, 1.82) is 0 Å². The Balaban J connectivity index is 1.97. The third-order valence-corrected chi connectivity index (χ3v) is 1.84. The van der Waals surface area contributed by atoms with Gasteiger partial charge >= 0.3 is 6.03 Å². The number of benzene rings is 1. The van der Waals surface area contributed by atoms with Crippen LogP contribution in [0, 0.1) is 5.82 Å². The summed E-state index contributed by atoms with van der Waals surface area (Å²) in [5.41, 5.74) is 0.379. The number of rotatable bonds is 2. The molecule has 0 aliphatic carbocycles. The lowest BCUT2D eigenvalue weighted by Crippen LogP contribution is -2.18. The fourth-order valence-electron chi connectivity index (χ4n) is 1.19. The maximum Gasteiger partial charge on any atom is 0.326 e. The molecular weight excluding hydrogens is 211 g/mol. The van der Waals surface area contributed by atoms with Crippen LogP contribution in [-0.4, -0.2) is 6.03 Å². The van der Waals surface area contributed by atoms with Crippen LogP contribution < -0.4 is 10.6 Å². The third kappa shape index (κ3) is 2.60. The fraction of sp³-hybridized carbons (Fsp3) is 0. The summed E-state index contributed by atoms with van der Waals surface area (Å²) in [6, 6.07) is 8.39. The molecule has 16 heavy (non-hydrogen) atoms. The molecule has 0 atom stereocenters. The lowest BCUT2D eigenvalue weighted by Gasteiger charge is -2.04. The van der Waals surface area contributed by atoms with Crippen molar-refractivity contribution < 1.29 is 13.6 Å². The van der Waals surface area contributed by atoms with Gasteiger partial charge in [-0.1, -0.05) is 6.07 Å². The first-order valence-electron chi connectivity index (χ1n) is 4.61. The first-order chi connectivity index (χ1) is 7.74. The van der Waals surface area contributed by atoms with Crippen LogP contribution in [0.2, 0.25) is 0 Å². The van der Waals surface area contributed by atoms with E-state index in [9.17, 15) is 9.18 Å². The second-order valence-corrected chi connectivity index (χ2v) is 3.07. The summed E-state index contributed by atoms with van der Waals surface area (Å²) in [4.78, 5) is 11.4. The van der Waals surface area contributed by atoms with E-state index in [0.717, 1.165) is 0 Å². The topological polar surface area (TPSA) is 54.3 Å². The van der Waals surface area contributed by atoms with Crippen LogP contribution >= 0.6 is 0 Å². The van der Waals surface area contributed by atoms with Crippen LogP contribution in [0.5, 0.6) is 0 Å². The van der Waals surface area contributed by atoms with Crippen LogP contribution in [0.1, 0.15) is 0 Å². The number of carbonyl (C=O) groups excluding carboxylic acids is 1. The number of hydrogen-bond donors (Lipinski definition) is 2. The first-order valence-corrected chi connectivity index (χ1v) is 4.61. The highest BCUT2D eigenvalue weighted by Gasteiger charge is 2.04. The molecule has 0 saturated carbocycles. The fourth-order valence-corrected chi connectivity index (χ4v) is 1.19. The van der Waals surface area contributed by atoms with Crippen LogP contribution in [-0.2, 0) is 0 Å². The number of urea groups is 1. The molecule has 1 aromatic carbocycles. The van der Waals surface area contributed by atoms with Gasteiger partial charge in [0.1, 0.15) is 5.82 Å². The molecule has 2 N–H and O–H groups in total. The van der Waals surface area contributed by atoms with Gasteiger partial charge in [-0.05, 0) is 24.3 Å². The highest BCUT2D eigenvalue weighted by atomic mass is 19.1. The van der Waals surface area contributed by atoms with Crippen LogP contribution in [0.15, 0.2) is 47.1 Å². The van der Waals surface area contributed by atoms with E-state index in [2.05, 4.69) is 10.6 Å². The molecule has 0 aliphatic rings. The van der Waals surface area contributed by atoms with Gasteiger partial charge in [0, 0.05) is 11.8 Å². The third-order valence-electron chi connectivity index (χ3n) is 1.84. The number of nitrogens with one attached hydrogen (secondary N) is 2. The largest absolute Gasteiger partial charge is 0.449 e. The number of halogens is 1. The number of amides is 2. The molecule has 1 heterocycles. The molecule has 0 spiro atoms. The maximum absolute atomic E-state index is 12.8. The van der Waals surface area contributed by atoms with E-state index in [1.165, 1.54) is 24.5 Å². The first kappa shape index (κ1) is 10.2. The van der Waals surface area contributed by atoms with Gasteiger partial charge in [-0.2, -0.15) is 0 Å². The zero-order chi connectivity index (χ0) is 11.4. The second-order valence-electron chi connectivity index (χ2n) is 3.07. The van der Waals surface area contributed by atoms with Gasteiger partial charge in [-0.15, -0.1) is 0 Å². The average molecular weight is 220 g/mol. The van der Waals surface area contributed by atoms with Gasteiger partial charge in [0.05, 0.1) is 6.26 Å². The van der Waals surface area contributed by atoms with Crippen LogP contribution in [0.25, 0.3) is 0 Å². The Morgan fingerprint density at radius 2 is 2.06 bits per heavy atom. The van der Waals surface area contributed by atoms with Crippen molar-refractivity contribution in [3.63, 3.8) is 0 Å². The molecular formula is C11H9FN2O2. The zero-order valence-corrected chi connectivity index (χ0v) is 8.24. The Bertz CT molecular complexity index is 482. The van der Waals surface area contributed by atoms with Gasteiger partial charge in [-0.3, -0.25) is 5.32 Å². The van der Waals surface area contributed by atoms with E-state index in [4.69, 9.17) is 4.42 Å². The summed E-state index contributed by atoms with van der Waals surface area (Å²) < 4.78 is 17.7. The molecule has 2 amide bonds. The Morgan fingerprint density at radius 1 is 1.19 bits per heavy atom. The molecule has 2 rings (SSSR count). The quantitative estimate of drug-likeness (QED) is 0.817. The lowest BCUT2D eigenvalue weighted by molar-refractivity contribution is 0.261. The molecule has 0 bridgehead atoms. The van der Waals surface area contributed by atoms with Gasteiger partial charge < -0.3 is 9.73 Å². The number of furan rings is 1. The van der Waals surface area contributed by atoms with Gasteiger partial charge in [0.2, 0.25) is 5.88 Å². The number of anilines is 2. The minimum atomic E-state index is -0.486. The minimum absolute atomic E-state index is 0.328. The summed E-state index contributed by atoms with van der Waals surface area (Å²) in [6.45, 7) is 0. The summed E-state index contributed by atoms with van der Waals surface area (Å²) in [5.74, 6) is -0.0790. The maximum atomic E-state index is 12.8. The van der Waals surface area contributed by atoms with Crippen LogP contribution in [0.4, 0.5) is 20.8 Å². The monoisotopic (exact) mass is 220 g/mol. The Labute approximate surface area is 91.1 Å². The summed E-state index contributed by atoms with van der Waals surface area (Å²) in [6.07, 6.45) is 1.44. The molecule has 1 aromatic heterocycles. The van der Waals surface area contributed by atoms with Crippen molar-refractivity contribution in [2.24, 2.45) is 0 Å². The average Bonchev–Trinajstić information content (AvgIpc) is 2.70. The van der Waals surface area contributed by atoms with Crippen molar-refractivity contribution >= 4 is 17.6 Å². The highest BCUT2D eigenvalue weighted by molar-refractivity contribution is 5.98.